The average molecular weight is 372 g/mol. The maximum atomic E-state index is 12.0. The number of piperidine rings is 1. The summed E-state index contributed by atoms with van der Waals surface area (Å²) in [7, 11) is 1.56. The number of carbonyl (C=O) groups is 1. The van der Waals surface area contributed by atoms with Crippen molar-refractivity contribution < 1.29 is 14.3 Å². The van der Waals surface area contributed by atoms with Gasteiger partial charge in [0, 0.05) is 32.4 Å². The van der Waals surface area contributed by atoms with Crippen molar-refractivity contribution in [1.82, 2.24) is 10.2 Å². The SMILES string of the molecule is COCC(N)C(=O)NCC1(N2CCCCC2)CCOCC1.Cl.Cl. The summed E-state index contributed by atoms with van der Waals surface area (Å²) in [6.45, 7) is 4.71. The molecule has 0 spiro atoms. The molecule has 2 aliphatic rings. The van der Waals surface area contributed by atoms with E-state index < -0.39 is 6.04 Å². The fraction of sp³-hybridized carbons (Fsp3) is 0.933. The van der Waals surface area contributed by atoms with Crippen LogP contribution in [0.25, 0.3) is 0 Å². The van der Waals surface area contributed by atoms with Crippen molar-refractivity contribution in [1.29, 1.82) is 0 Å². The Hall–Kier alpha value is -0.110. The quantitative estimate of drug-likeness (QED) is 0.726. The Bertz CT molecular complexity index is 336. The number of nitrogens with one attached hydrogen (secondary N) is 1. The van der Waals surface area contributed by atoms with E-state index in [1.165, 1.54) is 19.3 Å². The highest BCUT2D eigenvalue weighted by atomic mass is 35.5. The third-order valence-corrected chi connectivity index (χ3v) is 4.73. The maximum Gasteiger partial charge on any atom is 0.239 e. The lowest BCUT2D eigenvalue weighted by molar-refractivity contribution is -0.125. The molecule has 3 N–H and O–H groups in total. The van der Waals surface area contributed by atoms with Crippen LogP contribution in [-0.2, 0) is 14.3 Å². The van der Waals surface area contributed by atoms with Crippen LogP contribution < -0.4 is 11.1 Å². The molecule has 2 rings (SSSR count). The minimum Gasteiger partial charge on any atom is -0.383 e. The molecule has 0 bridgehead atoms. The van der Waals surface area contributed by atoms with Crippen LogP contribution in [0.5, 0.6) is 0 Å². The molecule has 2 fully saturated rings. The Morgan fingerprint density at radius 1 is 1.26 bits per heavy atom. The van der Waals surface area contributed by atoms with E-state index in [0.29, 0.717) is 6.54 Å². The monoisotopic (exact) mass is 371 g/mol. The number of hydrogen-bond donors (Lipinski definition) is 2. The molecule has 23 heavy (non-hydrogen) atoms. The van der Waals surface area contributed by atoms with Crippen molar-refractivity contribution in [2.75, 3.05) is 46.6 Å². The second-order valence-corrected chi connectivity index (χ2v) is 6.16. The van der Waals surface area contributed by atoms with Crippen molar-refractivity contribution in [3.8, 4) is 0 Å². The Labute approximate surface area is 151 Å². The Morgan fingerprint density at radius 2 is 1.87 bits per heavy atom. The van der Waals surface area contributed by atoms with Crippen molar-refractivity contribution in [3.63, 3.8) is 0 Å². The number of hydrogen-bond acceptors (Lipinski definition) is 5. The summed E-state index contributed by atoms with van der Waals surface area (Å²) < 4.78 is 10.5. The first-order chi connectivity index (χ1) is 10.2. The summed E-state index contributed by atoms with van der Waals surface area (Å²) in [5.41, 5.74) is 5.83. The zero-order chi connectivity index (χ0) is 15.1. The van der Waals surface area contributed by atoms with Crippen molar-refractivity contribution in [2.45, 2.75) is 43.7 Å². The molecule has 2 saturated heterocycles. The van der Waals surface area contributed by atoms with E-state index in [-0.39, 0.29) is 42.9 Å². The minimum atomic E-state index is -0.590. The van der Waals surface area contributed by atoms with Gasteiger partial charge in [-0.15, -0.1) is 24.8 Å². The van der Waals surface area contributed by atoms with Gasteiger partial charge in [0.05, 0.1) is 6.61 Å². The van der Waals surface area contributed by atoms with Gasteiger partial charge in [0.25, 0.3) is 0 Å². The molecule has 0 radical (unpaired) electrons. The highest BCUT2D eigenvalue weighted by Gasteiger charge is 2.39. The molecule has 6 nitrogen and oxygen atoms in total. The predicted octanol–water partition coefficient (Wildman–Crippen LogP) is 0.955. The van der Waals surface area contributed by atoms with E-state index in [2.05, 4.69) is 10.2 Å². The molecular weight excluding hydrogens is 341 g/mol. The van der Waals surface area contributed by atoms with Gasteiger partial charge in [0.1, 0.15) is 6.04 Å². The number of amides is 1. The smallest absolute Gasteiger partial charge is 0.239 e. The third kappa shape index (κ3) is 6.36. The molecular formula is C15H31Cl2N3O3. The number of methoxy groups -OCH3 is 1. The normalized spacial score (nSPS) is 22.3. The van der Waals surface area contributed by atoms with E-state index in [1.807, 2.05) is 0 Å². The van der Waals surface area contributed by atoms with Gasteiger partial charge in [-0.25, -0.2) is 0 Å². The first-order valence-electron chi connectivity index (χ1n) is 8.03. The molecule has 2 heterocycles. The van der Waals surface area contributed by atoms with Crippen LogP contribution in [0.15, 0.2) is 0 Å². The van der Waals surface area contributed by atoms with Gasteiger partial charge >= 0.3 is 0 Å². The minimum absolute atomic E-state index is 0. The Balaban J connectivity index is 0.00000242. The van der Waals surface area contributed by atoms with Crippen molar-refractivity contribution in [2.24, 2.45) is 5.73 Å². The number of carbonyl (C=O) groups excluding carboxylic acids is 1. The lowest BCUT2D eigenvalue weighted by Crippen LogP contribution is -2.60. The van der Waals surface area contributed by atoms with Gasteiger partial charge in [-0.3, -0.25) is 9.69 Å². The van der Waals surface area contributed by atoms with Gasteiger partial charge in [0.15, 0.2) is 0 Å². The van der Waals surface area contributed by atoms with Gasteiger partial charge in [0.2, 0.25) is 5.91 Å². The standard InChI is InChI=1S/C15H29N3O3.2ClH/c1-20-11-13(16)14(19)17-12-15(5-9-21-10-6-15)18-7-3-2-4-8-18;;/h13H,2-12,16H2,1H3,(H,17,19);2*1H. The second-order valence-electron chi connectivity index (χ2n) is 6.16. The maximum absolute atomic E-state index is 12.0. The number of rotatable bonds is 6. The molecule has 138 valence electrons. The van der Waals surface area contributed by atoms with E-state index in [4.69, 9.17) is 15.2 Å². The number of ether oxygens (including phenoxy) is 2. The van der Waals surface area contributed by atoms with E-state index in [9.17, 15) is 4.79 Å². The van der Waals surface area contributed by atoms with Crippen LogP contribution in [0.1, 0.15) is 32.1 Å². The lowest BCUT2D eigenvalue weighted by Gasteiger charge is -2.48. The van der Waals surface area contributed by atoms with Gasteiger partial charge in [-0.1, -0.05) is 6.42 Å². The highest BCUT2D eigenvalue weighted by molar-refractivity contribution is 5.85. The fourth-order valence-corrected chi connectivity index (χ4v) is 3.36. The van der Waals surface area contributed by atoms with Gasteiger partial charge < -0.3 is 20.5 Å². The highest BCUT2D eigenvalue weighted by Crippen LogP contribution is 2.30. The molecule has 0 aromatic rings. The molecule has 0 aliphatic carbocycles. The third-order valence-electron chi connectivity index (χ3n) is 4.73. The number of halogens is 2. The number of nitrogens with zero attached hydrogens (tertiary/aromatic N) is 1. The summed E-state index contributed by atoms with van der Waals surface area (Å²) in [4.78, 5) is 14.6. The largest absolute Gasteiger partial charge is 0.383 e. The average Bonchev–Trinajstić information content (AvgIpc) is 2.54. The van der Waals surface area contributed by atoms with Gasteiger partial charge in [-0.2, -0.15) is 0 Å². The summed E-state index contributed by atoms with van der Waals surface area (Å²) in [6.07, 6.45) is 5.77. The van der Waals surface area contributed by atoms with Crippen LogP contribution in [0.4, 0.5) is 0 Å². The first kappa shape index (κ1) is 22.9. The second kappa shape index (κ2) is 11.4. The van der Waals surface area contributed by atoms with Crippen LogP contribution >= 0.6 is 24.8 Å². The Kier molecular flexibility index (Phi) is 11.4. The molecule has 0 saturated carbocycles. The van der Waals surface area contributed by atoms with E-state index in [1.54, 1.807) is 7.11 Å². The predicted molar refractivity (Wildman–Crippen MR) is 95.6 cm³/mol. The topological polar surface area (TPSA) is 76.8 Å². The summed E-state index contributed by atoms with van der Waals surface area (Å²) in [5.74, 6) is -0.125. The van der Waals surface area contributed by atoms with Crippen LogP contribution in [0.3, 0.4) is 0 Å². The number of likely N-dealkylation sites (tertiary alicyclic amines) is 1. The zero-order valence-corrected chi connectivity index (χ0v) is 15.6. The summed E-state index contributed by atoms with van der Waals surface area (Å²) in [5, 5.41) is 3.03. The zero-order valence-electron chi connectivity index (χ0n) is 13.9. The first-order valence-corrected chi connectivity index (χ1v) is 8.03. The molecule has 1 unspecified atom stereocenters. The Morgan fingerprint density at radius 3 is 2.43 bits per heavy atom. The van der Waals surface area contributed by atoms with E-state index in [0.717, 1.165) is 39.1 Å². The molecule has 0 aromatic heterocycles. The van der Waals surface area contributed by atoms with Crippen LogP contribution in [-0.4, -0.2) is 69.0 Å². The lowest BCUT2D eigenvalue weighted by atomic mass is 9.86. The van der Waals surface area contributed by atoms with E-state index >= 15 is 0 Å². The molecule has 1 amide bonds. The van der Waals surface area contributed by atoms with Crippen LogP contribution in [0.2, 0.25) is 0 Å². The summed E-state index contributed by atoms with van der Waals surface area (Å²) in [6, 6.07) is -0.590. The number of nitrogens with two attached hydrogens (primary N) is 1. The molecule has 2 aliphatic heterocycles. The van der Waals surface area contributed by atoms with Gasteiger partial charge in [-0.05, 0) is 38.8 Å². The van der Waals surface area contributed by atoms with Crippen molar-refractivity contribution in [3.05, 3.63) is 0 Å². The molecule has 1 atom stereocenters. The van der Waals surface area contributed by atoms with Crippen LogP contribution in [0, 0.1) is 0 Å². The summed E-state index contributed by atoms with van der Waals surface area (Å²) >= 11 is 0. The fourth-order valence-electron chi connectivity index (χ4n) is 3.36. The molecule has 8 heteroatoms. The van der Waals surface area contributed by atoms with Crippen molar-refractivity contribution >= 4 is 30.7 Å². The molecule has 0 aromatic carbocycles.